The van der Waals surface area contributed by atoms with Gasteiger partial charge >= 0.3 is 0 Å². The number of aromatic amines is 1. The fraction of sp³-hybridized carbons (Fsp3) is 0.600. The molecular weight excluding hydrogens is 268 g/mol. The Bertz CT molecular complexity index is 614. The summed E-state index contributed by atoms with van der Waals surface area (Å²) >= 11 is 0. The molecule has 0 radical (unpaired) electrons. The quantitative estimate of drug-likeness (QED) is 0.790. The van der Waals surface area contributed by atoms with Crippen molar-refractivity contribution in [1.29, 1.82) is 0 Å². The second-order valence-corrected chi connectivity index (χ2v) is 5.94. The first-order chi connectivity index (χ1) is 10.2. The van der Waals surface area contributed by atoms with Gasteiger partial charge in [-0.1, -0.05) is 13.3 Å². The Hall–Kier alpha value is -1.66. The summed E-state index contributed by atoms with van der Waals surface area (Å²) in [4.78, 5) is 6.40. The zero-order valence-electron chi connectivity index (χ0n) is 12.3. The van der Waals surface area contributed by atoms with Gasteiger partial charge in [-0.3, -0.25) is 5.10 Å². The lowest BCUT2D eigenvalue weighted by Gasteiger charge is -2.45. The molecule has 6 heteroatoms. The number of aromatic nitrogens is 3. The Morgan fingerprint density at radius 1 is 1.52 bits per heavy atom. The summed E-state index contributed by atoms with van der Waals surface area (Å²) in [5.74, 6) is 0. The van der Waals surface area contributed by atoms with Crippen LogP contribution in [0.15, 0.2) is 18.5 Å². The largest absolute Gasteiger partial charge is 0.396 e. The molecule has 1 aliphatic heterocycles. The Morgan fingerprint density at radius 2 is 2.38 bits per heavy atom. The van der Waals surface area contributed by atoms with E-state index in [2.05, 4.69) is 27.0 Å². The minimum atomic E-state index is -0.522. The van der Waals surface area contributed by atoms with Crippen LogP contribution in [0.5, 0.6) is 0 Å². The molecule has 0 aromatic carbocycles. The molecule has 0 aliphatic carbocycles. The Balaban J connectivity index is 1.85. The molecule has 0 amide bonds. The molecule has 0 unspecified atom stereocenters. The van der Waals surface area contributed by atoms with E-state index in [4.69, 9.17) is 0 Å². The van der Waals surface area contributed by atoms with Crippen molar-refractivity contribution < 1.29 is 10.2 Å². The van der Waals surface area contributed by atoms with Gasteiger partial charge in [0.2, 0.25) is 0 Å². The van der Waals surface area contributed by atoms with E-state index in [9.17, 15) is 10.2 Å². The zero-order valence-corrected chi connectivity index (χ0v) is 12.3. The maximum atomic E-state index is 10.6. The topological polar surface area (TPSA) is 85.3 Å². The summed E-state index contributed by atoms with van der Waals surface area (Å²) < 4.78 is 0. The van der Waals surface area contributed by atoms with E-state index < -0.39 is 6.10 Å². The maximum absolute atomic E-state index is 10.6. The van der Waals surface area contributed by atoms with Crippen LogP contribution in [0.25, 0.3) is 11.0 Å². The van der Waals surface area contributed by atoms with E-state index in [1.165, 1.54) is 0 Å². The number of hydrogen-bond donors (Lipinski definition) is 3. The van der Waals surface area contributed by atoms with Crippen LogP contribution in [0.1, 0.15) is 26.2 Å². The second kappa shape index (κ2) is 5.61. The fourth-order valence-electron chi connectivity index (χ4n) is 3.40. The number of nitrogens with zero attached hydrogens (tertiary/aromatic N) is 3. The SMILES string of the molecule is CCC[C@]1(CO)CCN(c2ccnc3[nH]ncc23)C[C@H]1O. The monoisotopic (exact) mass is 290 g/mol. The highest BCUT2D eigenvalue weighted by atomic mass is 16.3. The molecule has 21 heavy (non-hydrogen) atoms. The molecule has 0 bridgehead atoms. The highest BCUT2D eigenvalue weighted by Gasteiger charge is 2.41. The van der Waals surface area contributed by atoms with Crippen molar-refractivity contribution in [1.82, 2.24) is 15.2 Å². The summed E-state index contributed by atoms with van der Waals surface area (Å²) in [5, 5.41) is 28.2. The van der Waals surface area contributed by atoms with Gasteiger partial charge in [0.25, 0.3) is 0 Å². The third-order valence-electron chi connectivity index (χ3n) is 4.71. The number of fused-ring (bicyclic) bond motifs is 1. The molecule has 1 fully saturated rings. The Morgan fingerprint density at radius 3 is 3.10 bits per heavy atom. The van der Waals surface area contributed by atoms with Gasteiger partial charge in [-0.2, -0.15) is 5.10 Å². The molecule has 3 heterocycles. The summed E-state index contributed by atoms with van der Waals surface area (Å²) in [6.07, 6.45) is 5.62. The van der Waals surface area contributed by atoms with E-state index in [0.29, 0.717) is 6.54 Å². The highest BCUT2D eigenvalue weighted by Crippen LogP contribution is 2.38. The van der Waals surface area contributed by atoms with Crippen LogP contribution < -0.4 is 4.90 Å². The summed E-state index contributed by atoms with van der Waals surface area (Å²) in [7, 11) is 0. The van der Waals surface area contributed by atoms with E-state index in [1.54, 1.807) is 12.4 Å². The molecular formula is C15H22N4O2. The molecule has 2 aromatic rings. The number of β-amino-alcohol motifs (C(OH)–C–C–N with tert-alkyl or cyclic N) is 1. The number of pyridine rings is 1. The first-order valence-electron chi connectivity index (χ1n) is 7.52. The summed E-state index contributed by atoms with van der Waals surface area (Å²) in [5.41, 5.74) is 1.44. The van der Waals surface area contributed by atoms with Crippen molar-refractivity contribution in [2.45, 2.75) is 32.3 Å². The average molecular weight is 290 g/mol. The van der Waals surface area contributed by atoms with Gasteiger partial charge in [0.1, 0.15) is 0 Å². The van der Waals surface area contributed by atoms with Crippen LogP contribution in [-0.4, -0.2) is 51.2 Å². The Kier molecular flexibility index (Phi) is 3.82. The van der Waals surface area contributed by atoms with Gasteiger partial charge in [0.15, 0.2) is 5.65 Å². The fourth-order valence-corrected chi connectivity index (χ4v) is 3.40. The van der Waals surface area contributed by atoms with Crippen LogP contribution in [0.2, 0.25) is 0 Å². The van der Waals surface area contributed by atoms with Crippen LogP contribution in [0, 0.1) is 5.41 Å². The van der Waals surface area contributed by atoms with Crippen LogP contribution >= 0.6 is 0 Å². The summed E-state index contributed by atoms with van der Waals surface area (Å²) in [6.45, 7) is 3.49. The lowest BCUT2D eigenvalue weighted by atomic mass is 9.73. The van der Waals surface area contributed by atoms with Crippen molar-refractivity contribution >= 4 is 16.7 Å². The molecule has 2 aromatic heterocycles. The van der Waals surface area contributed by atoms with Crippen molar-refractivity contribution in [2.75, 3.05) is 24.6 Å². The minimum Gasteiger partial charge on any atom is -0.396 e. The predicted molar refractivity (Wildman–Crippen MR) is 81.2 cm³/mol. The molecule has 3 rings (SSSR count). The van der Waals surface area contributed by atoms with Gasteiger partial charge in [-0.25, -0.2) is 4.98 Å². The lowest BCUT2D eigenvalue weighted by molar-refractivity contribution is -0.0370. The van der Waals surface area contributed by atoms with Crippen molar-refractivity contribution in [2.24, 2.45) is 5.41 Å². The van der Waals surface area contributed by atoms with E-state index >= 15 is 0 Å². The molecule has 2 atom stereocenters. The standard InChI is InChI=1S/C15H22N4O2/c1-2-4-15(10-20)5-7-19(9-13(15)21)12-3-6-16-14-11(12)8-17-18-14/h3,6,8,13,20-21H,2,4-5,7,9-10H2,1H3,(H,16,17,18)/t13-,15-/m1/s1. The zero-order chi connectivity index (χ0) is 14.9. The maximum Gasteiger partial charge on any atom is 0.157 e. The minimum absolute atomic E-state index is 0.0489. The molecule has 0 saturated carbocycles. The normalized spacial score (nSPS) is 26.4. The van der Waals surface area contributed by atoms with Gasteiger partial charge in [-0.15, -0.1) is 0 Å². The number of piperidine rings is 1. The molecule has 114 valence electrons. The first kappa shape index (κ1) is 14.3. The number of H-pyrrole nitrogens is 1. The molecule has 1 saturated heterocycles. The predicted octanol–water partition coefficient (Wildman–Crippen LogP) is 1.31. The summed E-state index contributed by atoms with van der Waals surface area (Å²) in [6, 6.07) is 1.95. The van der Waals surface area contributed by atoms with Gasteiger partial charge in [0.05, 0.1) is 30.0 Å². The van der Waals surface area contributed by atoms with Gasteiger partial charge < -0.3 is 15.1 Å². The van der Waals surface area contributed by atoms with E-state index in [-0.39, 0.29) is 12.0 Å². The van der Waals surface area contributed by atoms with Gasteiger partial charge in [-0.05, 0) is 18.9 Å². The number of nitrogens with one attached hydrogen (secondary N) is 1. The number of aliphatic hydroxyl groups excluding tert-OH is 2. The number of aliphatic hydroxyl groups is 2. The molecule has 0 spiro atoms. The van der Waals surface area contributed by atoms with E-state index in [0.717, 1.165) is 42.5 Å². The third kappa shape index (κ3) is 2.38. The van der Waals surface area contributed by atoms with Crippen LogP contribution in [-0.2, 0) is 0 Å². The number of anilines is 1. The average Bonchev–Trinajstić information content (AvgIpc) is 2.98. The Labute approximate surface area is 123 Å². The first-order valence-corrected chi connectivity index (χ1v) is 7.52. The van der Waals surface area contributed by atoms with Crippen LogP contribution in [0.3, 0.4) is 0 Å². The number of rotatable bonds is 4. The van der Waals surface area contributed by atoms with Crippen molar-refractivity contribution in [3.63, 3.8) is 0 Å². The number of hydrogen-bond acceptors (Lipinski definition) is 5. The lowest BCUT2D eigenvalue weighted by Crippen LogP contribution is -2.52. The molecule has 1 aliphatic rings. The van der Waals surface area contributed by atoms with Crippen molar-refractivity contribution in [3.8, 4) is 0 Å². The smallest absolute Gasteiger partial charge is 0.157 e. The molecule has 3 N–H and O–H groups in total. The third-order valence-corrected chi connectivity index (χ3v) is 4.71. The highest BCUT2D eigenvalue weighted by molar-refractivity contribution is 5.88. The van der Waals surface area contributed by atoms with Crippen molar-refractivity contribution in [3.05, 3.63) is 18.5 Å². The second-order valence-electron chi connectivity index (χ2n) is 5.94. The van der Waals surface area contributed by atoms with E-state index in [1.807, 2.05) is 6.07 Å². The van der Waals surface area contributed by atoms with Gasteiger partial charge in [0, 0.05) is 24.7 Å². The molecule has 6 nitrogen and oxygen atoms in total. The van der Waals surface area contributed by atoms with Crippen LogP contribution in [0.4, 0.5) is 5.69 Å².